The van der Waals surface area contributed by atoms with Gasteiger partial charge in [0.1, 0.15) is 12.6 Å². The minimum absolute atomic E-state index is 0.0641. The fourth-order valence-electron chi connectivity index (χ4n) is 1.77. The molecule has 1 aliphatic heterocycles. The molecule has 1 aliphatic rings. The average molecular weight is 220 g/mol. The number of esters is 1. The quantitative estimate of drug-likeness (QED) is 0.725. The molecule has 1 aromatic rings. The van der Waals surface area contributed by atoms with Crippen molar-refractivity contribution in [2.75, 3.05) is 6.54 Å². The molecule has 0 amide bonds. The second-order valence-electron chi connectivity index (χ2n) is 4.05. The van der Waals surface area contributed by atoms with Crippen LogP contribution < -0.4 is 11.1 Å². The zero-order chi connectivity index (χ0) is 11.4. The second kappa shape index (κ2) is 5.09. The Bertz CT molecular complexity index is 353. The van der Waals surface area contributed by atoms with Gasteiger partial charge in [0.2, 0.25) is 0 Å². The van der Waals surface area contributed by atoms with Crippen LogP contribution in [-0.4, -0.2) is 24.6 Å². The van der Waals surface area contributed by atoms with E-state index < -0.39 is 0 Å². The molecule has 1 fully saturated rings. The summed E-state index contributed by atoms with van der Waals surface area (Å²) in [4.78, 5) is 11.6. The summed E-state index contributed by atoms with van der Waals surface area (Å²) in [7, 11) is 0. The highest BCUT2D eigenvalue weighted by Gasteiger charge is 2.28. The molecule has 1 heterocycles. The van der Waals surface area contributed by atoms with E-state index in [1.165, 1.54) is 0 Å². The number of rotatable bonds is 3. The highest BCUT2D eigenvalue weighted by Crippen LogP contribution is 2.08. The van der Waals surface area contributed by atoms with Crippen LogP contribution in [0.3, 0.4) is 0 Å². The van der Waals surface area contributed by atoms with Crippen molar-refractivity contribution in [2.24, 2.45) is 5.73 Å². The molecule has 1 saturated heterocycles. The largest absolute Gasteiger partial charge is 0.460 e. The van der Waals surface area contributed by atoms with Gasteiger partial charge in [-0.05, 0) is 12.0 Å². The molecular weight excluding hydrogens is 204 g/mol. The Balaban J connectivity index is 1.80. The number of nitrogens with two attached hydrogens (primary N) is 1. The Labute approximate surface area is 94.8 Å². The number of carbonyl (C=O) groups is 1. The first-order valence-corrected chi connectivity index (χ1v) is 5.45. The van der Waals surface area contributed by atoms with Crippen molar-refractivity contribution in [3.05, 3.63) is 35.9 Å². The third kappa shape index (κ3) is 2.81. The summed E-state index contributed by atoms with van der Waals surface area (Å²) >= 11 is 0. The number of hydrogen-bond acceptors (Lipinski definition) is 4. The summed E-state index contributed by atoms with van der Waals surface area (Å²) in [5.74, 6) is -0.211. The first-order chi connectivity index (χ1) is 7.75. The maximum absolute atomic E-state index is 11.6. The number of benzene rings is 1. The van der Waals surface area contributed by atoms with E-state index in [2.05, 4.69) is 5.32 Å². The van der Waals surface area contributed by atoms with E-state index in [1.54, 1.807) is 0 Å². The molecule has 2 atom stereocenters. The lowest BCUT2D eigenvalue weighted by Gasteiger charge is -2.10. The van der Waals surface area contributed by atoms with Crippen LogP contribution in [0.2, 0.25) is 0 Å². The Hall–Kier alpha value is -1.39. The van der Waals surface area contributed by atoms with E-state index in [0.29, 0.717) is 19.6 Å². The molecule has 16 heavy (non-hydrogen) atoms. The lowest BCUT2D eigenvalue weighted by atomic mass is 10.2. The van der Waals surface area contributed by atoms with E-state index >= 15 is 0 Å². The number of hydrogen-bond donors (Lipinski definition) is 2. The van der Waals surface area contributed by atoms with Crippen molar-refractivity contribution >= 4 is 5.97 Å². The van der Waals surface area contributed by atoms with Gasteiger partial charge in [0.15, 0.2) is 0 Å². The van der Waals surface area contributed by atoms with Crippen LogP contribution in [0.15, 0.2) is 30.3 Å². The third-order valence-corrected chi connectivity index (χ3v) is 2.67. The van der Waals surface area contributed by atoms with Crippen LogP contribution in [0.25, 0.3) is 0 Å². The maximum atomic E-state index is 11.6. The van der Waals surface area contributed by atoms with E-state index in [4.69, 9.17) is 10.5 Å². The van der Waals surface area contributed by atoms with Gasteiger partial charge in [0, 0.05) is 12.6 Å². The van der Waals surface area contributed by atoms with Gasteiger partial charge in [-0.1, -0.05) is 30.3 Å². The van der Waals surface area contributed by atoms with Crippen molar-refractivity contribution in [2.45, 2.75) is 25.1 Å². The molecule has 0 saturated carbocycles. The van der Waals surface area contributed by atoms with Crippen LogP contribution in [0, 0.1) is 0 Å². The molecule has 0 aliphatic carbocycles. The molecule has 4 heteroatoms. The molecule has 0 spiro atoms. The molecule has 0 aromatic heterocycles. The molecule has 2 rings (SSSR count). The molecule has 2 unspecified atom stereocenters. The lowest BCUT2D eigenvalue weighted by Crippen LogP contribution is -2.32. The summed E-state index contributed by atoms with van der Waals surface area (Å²) in [6, 6.07) is 9.47. The SMILES string of the molecule is NC1CNC(C(=O)OCc2ccccc2)C1. The van der Waals surface area contributed by atoms with Gasteiger partial charge in [0.25, 0.3) is 0 Å². The molecule has 4 nitrogen and oxygen atoms in total. The number of nitrogens with one attached hydrogen (secondary N) is 1. The smallest absolute Gasteiger partial charge is 0.323 e. The summed E-state index contributed by atoms with van der Waals surface area (Å²) in [5.41, 5.74) is 6.70. The van der Waals surface area contributed by atoms with Crippen LogP contribution in [0.1, 0.15) is 12.0 Å². The van der Waals surface area contributed by atoms with Crippen LogP contribution in [-0.2, 0) is 16.1 Å². The fraction of sp³-hybridized carbons (Fsp3) is 0.417. The van der Waals surface area contributed by atoms with Gasteiger partial charge >= 0.3 is 5.97 Å². The van der Waals surface area contributed by atoms with Gasteiger partial charge in [-0.2, -0.15) is 0 Å². The summed E-state index contributed by atoms with van der Waals surface area (Å²) in [5, 5.41) is 3.04. The topological polar surface area (TPSA) is 64.3 Å². The zero-order valence-corrected chi connectivity index (χ0v) is 9.06. The highest BCUT2D eigenvalue weighted by molar-refractivity contribution is 5.76. The molecule has 1 aromatic carbocycles. The van der Waals surface area contributed by atoms with Crippen LogP contribution in [0.4, 0.5) is 0 Å². The van der Waals surface area contributed by atoms with Gasteiger partial charge in [-0.3, -0.25) is 4.79 Å². The molecule has 0 radical (unpaired) electrons. The second-order valence-corrected chi connectivity index (χ2v) is 4.05. The fourth-order valence-corrected chi connectivity index (χ4v) is 1.77. The van der Waals surface area contributed by atoms with Crippen molar-refractivity contribution in [1.29, 1.82) is 0 Å². The predicted molar refractivity (Wildman–Crippen MR) is 60.6 cm³/mol. The van der Waals surface area contributed by atoms with Gasteiger partial charge in [-0.15, -0.1) is 0 Å². The number of carbonyl (C=O) groups excluding carboxylic acids is 1. The molecule has 86 valence electrons. The van der Waals surface area contributed by atoms with Gasteiger partial charge in [0.05, 0.1) is 0 Å². The number of ether oxygens (including phenoxy) is 1. The standard InChI is InChI=1S/C12H16N2O2/c13-10-6-11(14-7-10)12(15)16-8-9-4-2-1-3-5-9/h1-5,10-11,14H,6-8,13H2. The van der Waals surface area contributed by atoms with E-state index in [0.717, 1.165) is 5.56 Å². The predicted octanol–water partition coefficient (Wildman–Crippen LogP) is 0.419. The first-order valence-electron chi connectivity index (χ1n) is 5.45. The first kappa shape index (κ1) is 11.1. The van der Waals surface area contributed by atoms with Crippen molar-refractivity contribution in [3.63, 3.8) is 0 Å². The Morgan fingerprint density at radius 1 is 1.44 bits per heavy atom. The average Bonchev–Trinajstić information content (AvgIpc) is 2.74. The summed E-state index contributed by atoms with van der Waals surface area (Å²) in [6.45, 7) is 1.01. The van der Waals surface area contributed by atoms with Gasteiger partial charge < -0.3 is 15.8 Å². The van der Waals surface area contributed by atoms with Gasteiger partial charge in [-0.25, -0.2) is 0 Å². The van der Waals surface area contributed by atoms with Crippen LogP contribution >= 0.6 is 0 Å². The molecular formula is C12H16N2O2. The van der Waals surface area contributed by atoms with E-state index in [9.17, 15) is 4.79 Å². The van der Waals surface area contributed by atoms with Crippen molar-refractivity contribution < 1.29 is 9.53 Å². The third-order valence-electron chi connectivity index (χ3n) is 2.67. The molecule has 3 N–H and O–H groups in total. The maximum Gasteiger partial charge on any atom is 0.323 e. The van der Waals surface area contributed by atoms with Crippen molar-refractivity contribution in [1.82, 2.24) is 5.32 Å². The normalized spacial score (nSPS) is 24.3. The van der Waals surface area contributed by atoms with Crippen LogP contribution in [0.5, 0.6) is 0 Å². The lowest BCUT2D eigenvalue weighted by molar-refractivity contribution is -0.147. The Morgan fingerprint density at radius 2 is 2.19 bits per heavy atom. The minimum atomic E-state index is -0.237. The highest BCUT2D eigenvalue weighted by atomic mass is 16.5. The Morgan fingerprint density at radius 3 is 2.81 bits per heavy atom. The zero-order valence-electron chi connectivity index (χ0n) is 9.06. The monoisotopic (exact) mass is 220 g/mol. The molecule has 0 bridgehead atoms. The minimum Gasteiger partial charge on any atom is -0.460 e. The van der Waals surface area contributed by atoms with E-state index in [-0.39, 0.29) is 18.1 Å². The summed E-state index contributed by atoms with van der Waals surface area (Å²) in [6.07, 6.45) is 0.660. The van der Waals surface area contributed by atoms with E-state index in [1.807, 2.05) is 30.3 Å². The Kier molecular flexibility index (Phi) is 3.54. The summed E-state index contributed by atoms with van der Waals surface area (Å²) < 4.78 is 5.20. The van der Waals surface area contributed by atoms with Crippen molar-refractivity contribution in [3.8, 4) is 0 Å².